The monoisotopic (exact) mass is 375 g/mol. The van der Waals surface area contributed by atoms with E-state index in [1.807, 2.05) is 25.1 Å². The molecule has 1 amide bonds. The number of hydrogen-bond donors (Lipinski definition) is 1. The van der Waals surface area contributed by atoms with Crippen molar-refractivity contribution in [3.63, 3.8) is 0 Å². The molecule has 100 valence electrons. The molecule has 0 aliphatic carbocycles. The lowest BCUT2D eigenvalue weighted by molar-refractivity contribution is 0.0935. The van der Waals surface area contributed by atoms with Gasteiger partial charge in [-0.15, -0.1) is 0 Å². The lowest BCUT2D eigenvalue weighted by atomic mass is 9.90. The van der Waals surface area contributed by atoms with Crippen LogP contribution in [0.15, 0.2) is 22.7 Å². The van der Waals surface area contributed by atoms with Gasteiger partial charge in [0.1, 0.15) is 0 Å². The smallest absolute Gasteiger partial charge is 0.251 e. The number of hydrogen-bond acceptors (Lipinski definition) is 1. The van der Waals surface area contributed by atoms with Crippen molar-refractivity contribution in [2.45, 2.75) is 27.2 Å². The van der Waals surface area contributed by atoms with Gasteiger partial charge in [0.2, 0.25) is 0 Å². The van der Waals surface area contributed by atoms with Gasteiger partial charge in [0.25, 0.3) is 5.91 Å². The highest BCUT2D eigenvalue weighted by molar-refractivity contribution is 9.10. The molecule has 1 aromatic rings. The van der Waals surface area contributed by atoms with Crippen LogP contribution in [0.3, 0.4) is 0 Å². The van der Waals surface area contributed by atoms with E-state index in [9.17, 15) is 4.79 Å². The first-order chi connectivity index (χ1) is 8.35. The van der Waals surface area contributed by atoms with Crippen LogP contribution in [0.5, 0.6) is 0 Å². The molecule has 1 aromatic carbocycles. The molecule has 0 atom stereocenters. The predicted octanol–water partition coefficient (Wildman–Crippen LogP) is 4.30. The summed E-state index contributed by atoms with van der Waals surface area (Å²) in [7, 11) is 0. The maximum atomic E-state index is 12.1. The minimum atomic E-state index is 0.00245. The summed E-state index contributed by atoms with van der Waals surface area (Å²) in [5, 5.41) is 3.96. The molecule has 0 radical (unpaired) electrons. The number of halogens is 2. The topological polar surface area (TPSA) is 29.1 Å². The molecular formula is C14H19Br2NO. The molecular weight excluding hydrogens is 358 g/mol. The van der Waals surface area contributed by atoms with Crippen molar-refractivity contribution in [1.29, 1.82) is 0 Å². The summed E-state index contributed by atoms with van der Waals surface area (Å²) in [4.78, 5) is 12.1. The molecule has 0 aliphatic heterocycles. The summed E-state index contributed by atoms with van der Waals surface area (Å²) in [5.74, 6) is 0.00245. The molecule has 4 heteroatoms. The molecule has 1 rings (SSSR count). The zero-order valence-corrected chi connectivity index (χ0v) is 14.2. The van der Waals surface area contributed by atoms with Gasteiger partial charge < -0.3 is 5.32 Å². The zero-order valence-electron chi connectivity index (χ0n) is 11.0. The number of amides is 1. The fourth-order valence-electron chi connectivity index (χ4n) is 1.64. The van der Waals surface area contributed by atoms with Crippen molar-refractivity contribution >= 4 is 37.8 Å². The second-order valence-electron chi connectivity index (χ2n) is 5.25. The Morgan fingerprint density at radius 3 is 2.61 bits per heavy atom. The van der Waals surface area contributed by atoms with E-state index in [0.29, 0.717) is 6.54 Å². The number of carbonyl (C=O) groups is 1. The van der Waals surface area contributed by atoms with E-state index < -0.39 is 0 Å². The highest BCUT2D eigenvalue weighted by Crippen LogP contribution is 2.21. The van der Waals surface area contributed by atoms with Gasteiger partial charge in [-0.1, -0.05) is 45.7 Å². The number of nitrogens with one attached hydrogen (secondary N) is 1. The van der Waals surface area contributed by atoms with E-state index in [4.69, 9.17) is 0 Å². The maximum absolute atomic E-state index is 12.1. The molecule has 0 fully saturated rings. The first-order valence-electron chi connectivity index (χ1n) is 5.96. The lowest BCUT2D eigenvalue weighted by Gasteiger charge is -2.24. The summed E-state index contributed by atoms with van der Waals surface area (Å²) in [6, 6.07) is 5.70. The number of carbonyl (C=O) groups excluding carboxylic acids is 1. The van der Waals surface area contributed by atoms with Crippen molar-refractivity contribution < 1.29 is 4.79 Å². The van der Waals surface area contributed by atoms with Gasteiger partial charge in [-0.2, -0.15) is 0 Å². The van der Waals surface area contributed by atoms with Crippen molar-refractivity contribution in [2.24, 2.45) is 5.41 Å². The highest BCUT2D eigenvalue weighted by Gasteiger charge is 2.18. The van der Waals surface area contributed by atoms with Gasteiger partial charge in [-0.3, -0.25) is 4.79 Å². The molecule has 0 bridgehead atoms. The van der Waals surface area contributed by atoms with E-state index in [-0.39, 0.29) is 11.3 Å². The SMILES string of the molecule is Cc1cc(Br)ccc1C(=O)NCC(C)(C)CCBr. The molecule has 0 heterocycles. The van der Waals surface area contributed by atoms with Gasteiger partial charge in [0.15, 0.2) is 0 Å². The average Bonchev–Trinajstić information content (AvgIpc) is 2.26. The van der Waals surface area contributed by atoms with Crippen LogP contribution < -0.4 is 5.32 Å². The van der Waals surface area contributed by atoms with Gasteiger partial charge in [0.05, 0.1) is 0 Å². The third-order valence-electron chi connectivity index (χ3n) is 2.93. The van der Waals surface area contributed by atoms with Crippen LogP contribution >= 0.6 is 31.9 Å². The summed E-state index contributed by atoms with van der Waals surface area (Å²) in [5.41, 5.74) is 1.84. The predicted molar refractivity (Wildman–Crippen MR) is 83.4 cm³/mol. The Balaban J connectivity index is 2.66. The zero-order chi connectivity index (χ0) is 13.8. The lowest BCUT2D eigenvalue weighted by Crippen LogP contribution is -2.34. The number of rotatable bonds is 5. The van der Waals surface area contributed by atoms with Crippen LogP contribution in [0, 0.1) is 12.3 Å². The Hall–Kier alpha value is -0.350. The van der Waals surface area contributed by atoms with Crippen molar-refractivity contribution in [3.8, 4) is 0 Å². The molecule has 18 heavy (non-hydrogen) atoms. The first-order valence-corrected chi connectivity index (χ1v) is 7.87. The fraction of sp³-hybridized carbons (Fsp3) is 0.500. The summed E-state index contributed by atoms with van der Waals surface area (Å²) in [6.45, 7) is 6.95. The molecule has 0 spiro atoms. The van der Waals surface area contributed by atoms with Crippen LogP contribution in [0.1, 0.15) is 36.2 Å². The molecule has 0 unspecified atom stereocenters. The Kier molecular flexibility index (Phi) is 5.86. The average molecular weight is 377 g/mol. The normalized spacial score (nSPS) is 11.4. The quantitative estimate of drug-likeness (QED) is 0.762. The van der Waals surface area contributed by atoms with Crippen molar-refractivity contribution in [1.82, 2.24) is 5.32 Å². The van der Waals surface area contributed by atoms with Crippen LogP contribution in [0.4, 0.5) is 0 Å². The second kappa shape index (κ2) is 6.71. The Morgan fingerprint density at radius 1 is 1.39 bits per heavy atom. The van der Waals surface area contributed by atoms with Crippen molar-refractivity contribution in [2.75, 3.05) is 11.9 Å². The van der Waals surface area contributed by atoms with Gasteiger partial charge in [-0.25, -0.2) is 0 Å². The highest BCUT2D eigenvalue weighted by atomic mass is 79.9. The minimum absolute atomic E-state index is 0.00245. The molecule has 0 saturated heterocycles. The van der Waals surface area contributed by atoms with Crippen LogP contribution in [-0.4, -0.2) is 17.8 Å². The van der Waals surface area contributed by atoms with Gasteiger partial charge in [-0.05, 0) is 42.5 Å². The van der Waals surface area contributed by atoms with Gasteiger partial charge >= 0.3 is 0 Å². The number of benzene rings is 1. The fourth-order valence-corrected chi connectivity index (χ4v) is 3.19. The molecule has 0 saturated carbocycles. The molecule has 2 nitrogen and oxygen atoms in total. The standard InChI is InChI=1S/C14H19Br2NO/c1-10-8-11(16)4-5-12(10)13(18)17-9-14(2,3)6-7-15/h4-5,8H,6-7,9H2,1-3H3,(H,17,18). The van der Waals surface area contributed by atoms with Gasteiger partial charge in [0, 0.05) is 21.9 Å². The second-order valence-corrected chi connectivity index (χ2v) is 6.95. The van der Waals surface area contributed by atoms with E-state index in [1.165, 1.54) is 0 Å². The summed E-state index contributed by atoms with van der Waals surface area (Å²) in [6.07, 6.45) is 1.03. The van der Waals surface area contributed by atoms with Crippen LogP contribution in [0.2, 0.25) is 0 Å². The summed E-state index contributed by atoms with van der Waals surface area (Å²) < 4.78 is 0.996. The largest absolute Gasteiger partial charge is 0.351 e. The minimum Gasteiger partial charge on any atom is -0.351 e. The Morgan fingerprint density at radius 2 is 2.06 bits per heavy atom. The molecule has 1 N–H and O–H groups in total. The molecule has 0 aliphatic rings. The maximum Gasteiger partial charge on any atom is 0.251 e. The van der Waals surface area contributed by atoms with E-state index in [0.717, 1.165) is 27.4 Å². The van der Waals surface area contributed by atoms with E-state index in [2.05, 4.69) is 51.0 Å². The third-order valence-corrected chi connectivity index (χ3v) is 3.82. The number of aryl methyl sites for hydroxylation is 1. The Bertz CT molecular complexity index is 430. The molecule has 0 aromatic heterocycles. The number of alkyl halides is 1. The van der Waals surface area contributed by atoms with E-state index in [1.54, 1.807) is 0 Å². The van der Waals surface area contributed by atoms with Crippen LogP contribution in [-0.2, 0) is 0 Å². The van der Waals surface area contributed by atoms with E-state index >= 15 is 0 Å². The summed E-state index contributed by atoms with van der Waals surface area (Å²) >= 11 is 6.84. The van der Waals surface area contributed by atoms with Crippen LogP contribution in [0.25, 0.3) is 0 Å². The van der Waals surface area contributed by atoms with Crippen molar-refractivity contribution in [3.05, 3.63) is 33.8 Å². The Labute approximate surface area is 126 Å². The third kappa shape index (κ3) is 4.73. The first kappa shape index (κ1) is 15.7.